The largest absolute Gasteiger partial charge is 0.484 e. The van der Waals surface area contributed by atoms with Crippen LogP contribution in [-0.2, 0) is 9.53 Å². The number of benzene rings is 1. The zero-order valence-electron chi connectivity index (χ0n) is 22.0. The number of alkyl halides is 2. The highest BCUT2D eigenvalue weighted by molar-refractivity contribution is 6.30. The predicted molar refractivity (Wildman–Crippen MR) is 140 cm³/mol. The molecule has 4 aliphatic carbocycles. The van der Waals surface area contributed by atoms with Gasteiger partial charge in [0.15, 0.2) is 6.61 Å². The van der Waals surface area contributed by atoms with Gasteiger partial charge in [0.05, 0.1) is 11.6 Å². The summed E-state index contributed by atoms with van der Waals surface area (Å²) in [6.45, 7) is 0.699. The van der Waals surface area contributed by atoms with Crippen LogP contribution in [0.15, 0.2) is 18.2 Å². The van der Waals surface area contributed by atoms with Crippen LogP contribution in [0.25, 0.3) is 0 Å². The Balaban J connectivity index is 1.12. The Kier molecular flexibility index (Phi) is 8.51. The molecule has 1 aliphatic heterocycles. The van der Waals surface area contributed by atoms with Gasteiger partial charge in [-0.05, 0) is 50.7 Å². The molecule has 1 amide bonds. The molecule has 212 valence electrons. The van der Waals surface area contributed by atoms with Gasteiger partial charge < -0.3 is 14.8 Å². The molecule has 1 heterocycles. The lowest BCUT2D eigenvalue weighted by molar-refractivity contribution is -0.222. The predicted octanol–water partition coefficient (Wildman–Crippen LogP) is 6.63. The molecule has 0 aromatic heterocycles. The molecule has 9 heteroatoms. The molecule has 5 aliphatic rings. The van der Waals surface area contributed by atoms with E-state index in [9.17, 15) is 18.0 Å². The fourth-order valence-electron chi connectivity index (χ4n) is 7.61. The van der Waals surface area contributed by atoms with Gasteiger partial charge in [0.2, 0.25) is 6.43 Å². The first kappa shape index (κ1) is 28.0. The van der Waals surface area contributed by atoms with Crippen molar-refractivity contribution in [1.82, 2.24) is 10.6 Å². The molecule has 2 bridgehead atoms. The number of halogens is 4. The van der Waals surface area contributed by atoms with Crippen LogP contribution in [0.2, 0.25) is 5.02 Å². The van der Waals surface area contributed by atoms with E-state index in [-0.39, 0.29) is 45.9 Å². The van der Waals surface area contributed by atoms with Crippen LogP contribution in [0, 0.1) is 22.6 Å². The van der Waals surface area contributed by atoms with Gasteiger partial charge in [-0.3, -0.25) is 10.1 Å². The molecular formula is C29H40ClF3N2O3. The fraction of sp³-hybridized carbons (Fsp3) is 0.759. The van der Waals surface area contributed by atoms with Crippen molar-refractivity contribution in [3.8, 4) is 5.75 Å². The number of carbonyl (C=O) groups is 1. The number of amides is 1. The van der Waals surface area contributed by atoms with Crippen molar-refractivity contribution < 1.29 is 27.4 Å². The Morgan fingerprint density at radius 2 is 1.74 bits per heavy atom. The first-order chi connectivity index (χ1) is 18.2. The molecule has 1 aromatic carbocycles. The summed E-state index contributed by atoms with van der Waals surface area (Å²) >= 11 is 5.68. The van der Waals surface area contributed by atoms with Gasteiger partial charge in [-0.1, -0.05) is 56.5 Å². The number of hydrogen-bond donors (Lipinski definition) is 2. The van der Waals surface area contributed by atoms with Crippen molar-refractivity contribution >= 4 is 17.5 Å². The normalized spacial score (nSPS) is 32.8. The number of piperidine rings is 1. The average Bonchev–Trinajstić information content (AvgIpc) is 2.85. The molecule has 6 rings (SSSR count). The van der Waals surface area contributed by atoms with E-state index in [1.165, 1.54) is 31.4 Å². The second kappa shape index (κ2) is 11.5. The standard InChI is InChI=1S/C29H40ClF3N2O3/c30-22-9-8-21(12-23(22)31)37-15-24(36)35-29-16-27(17-29,18-29)19-38-26-28(13-20(14-34-26)25(32)33)10-6-4-2-1-3-5-7-11-28/h8-9,12,20,25-26,34H,1-7,10-11,13-19H2,(H,35,36). The molecule has 5 nitrogen and oxygen atoms in total. The van der Waals surface area contributed by atoms with E-state index in [4.69, 9.17) is 21.1 Å². The number of hydrogen-bond acceptors (Lipinski definition) is 4. The smallest absolute Gasteiger partial charge is 0.258 e. The lowest BCUT2D eigenvalue weighted by Crippen LogP contribution is -2.76. The highest BCUT2D eigenvalue weighted by Gasteiger charge is 2.68. The quantitative estimate of drug-likeness (QED) is 0.377. The third-order valence-electron chi connectivity index (χ3n) is 9.36. The van der Waals surface area contributed by atoms with Crippen molar-refractivity contribution in [2.24, 2.45) is 16.7 Å². The summed E-state index contributed by atoms with van der Waals surface area (Å²) in [5, 5.41) is 6.48. The van der Waals surface area contributed by atoms with Crippen LogP contribution >= 0.6 is 11.6 Å². The summed E-state index contributed by atoms with van der Waals surface area (Å²) in [5.74, 6) is -1.18. The maximum atomic E-state index is 13.7. The fourth-order valence-corrected chi connectivity index (χ4v) is 7.73. The molecule has 1 aromatic rings. The monoisotopic (exact) mass is 556 g/mol. The van der Waals surface area contributed by atoms with Gasteiger partial charge >= 0.3 is 0 Å². The van der Waals surface area contributed by atoms with Gasteiger partial charge in [-0.2, -0.15) is 0 Å². The van der Waals surface area contributed by atoms with E-state index in [0.717, 1.165) is 63.9 Å². The van der Waals surface area contributed by atoms with Gasteiger partial charge in [-0.15, -0.1) is 0 Å². The first-order valence-electron chi connectivity index (χ1n) is 14.2. The minimum Gasteiger partial charge on any atom is -0.484 e. The third kappa shape index (κ3) is 6.12. The minimum atomic E-state index is -2.31. The molecular weight excluding hydrogens is 517 g/mol. The molecule has 38 heavy (non-hydrogen) atoms. The highest BCUT2D eigenvalue weighted by atomic mass is 35.5. The third-order valence-corrected chi connectivity index (χ3v) is 9.66. The van der Waals surface area contributed by atoms with Crippen molar-refractivity contribution in [1.29, 1.82) is 0 Å². The number of ether oxygens (including phenoxy) is 2. The Morgan fingerprint density at radius 3 is 2.37 bits per heavy atom. The molecule has 1 spiro atoms. The van der Waals surface area contributed by atoms with Crippen LogP contribution in [0.4, 0.5) is 13.2 Å². The minimum absolute atomic E-state index is 0.00635. The summed E-state index contributed by atoms with van der Waals surface area (Å²) in [6, 6.07) is 4.09. The Bertz CT molecular complexity index is 964. The van der Waals surface area contributed by atoms with Crippen molar-refractivity contribution in [2.75, 3.05) is 19.8 Å². The molecule has 2 N–H and O–H groups in total. The van der Waals surface area contributed by atoms with E-state index in [1.54, 1.807) is 0 Å². The number of rotatable bonds is 8. The molecule has 2 atom stereocenters. The summed E-state index contributed by atoms with van der Waals surface area (Å²) < 4.78 is 53.0. The van der Waals surface area contributed by atoms with Crippen LogP contribution in [0.5, 0.6) is 5.75 Å². The molecule has 4 saturated carbocycles. The summed E-state index contributed by atoms with van der Waals surface area (Å²) in [6.07, 6.45) is 10.7. The number of nitrogens with one attached hydrogen (secondary N) is 2. The van der Waals surface area contributed by atoms with E-state index in [2.05, 4.69) is 10.6 Å². The van der Waals surface area contributed by atoms with Crippen molar-refractivity contribution in [3.05, 3.63) is 29.0 Å². The van der Waals surface area contributed by atoms with Gasteiger partial charge in [0.1, 0.15) is 17.8 Å². The maximum absolute atomic E-state index is 13.7. The number of carbonyl (C=O) groups excluding carboxylic acids is 1. The molecule has 1 saturated heterocycles. The Hall–Kier alpha value is -1.51. The highest BCUT2D eigenvalue weighted by Crippen LogP contribution is 2.67. The van der Waals surface area contributed by atoms with Gasteiger partial charge in [0, 0.05) is 34.9 Å². The second-order valence-corrected chi connectivity index (χ2v) is 12.9. The lowest BCUT2D eigenvalue weighted by Gasteiger charge is -2.70. The van der Waals surface area contributed by atoms with E-state index in [1.807, 2.05) is 0 Å². The zero-order valence-corrected chi connectivity index (χ0v) is 22.8. The van der Waals surface area contributed by atoms with Crippen LogP contribution in [0.1, 0.15) is 83.5 Å². The SMILES string of the molecule is O=C(COc1ccc(Cl)c(F)c1)NC12CC(COC3NCC(C(F)F)CC34CCCCCCCCC4)(C1)C2. The van der Waals surface area contributed by atoms with E-state index < -0.39 is 18.2 Å². The summed E-state index contributed by atoms with van der Waals surface area (Å²) in [5.41, 5.74) is -0.402. The molecule has 5 fully saturated rings. The Labute approximate surface area is 228 Å². The maximum Gasteiger partial charge on any atom is 0.258 e. The zero-order chi connectivity index (χ0) is 26.8. The average molecular weight is 557 g/mol. The Morgan fingerprint density at radius 1 is 1.08 bits per heavy atom. The van der Waals surface area contributed by atoms with Crippen LogP contribution in [-0.4, -0.2) is 43.9 Å². The summed E-state index contributed by atoms with van der Waals surface area (Å²) in [4.78, 5) is 12.5. The van der Waals surface area contributed by atoms with Gasteiger partial charge in [-0.25, -0.2) is 13.2 Å². The molecule has 2 unspecified atom stereocenters. The van der Waals surface area contributed by atoms with E-state index in [0.29, 0.717) is 19.6 Å². The van der Waals surface area contributed by atoms with Crippen molar-refractivity contribution in [2.45, 2.75) is 102 Å². The van der Waals surface area contributed by atoms with Gasteiger partial charge in [0.25, 0.3) is 5.91 Å². The first-order valence-corrected chi connectivity index (χ1v) is 14.6. The lowest BCUT2D eigenvalue weighted by atomic mass is 9.39. The van der Waals surface area contributed by atoms with Crippen LogP contribution < -0.4 is 15.4 Å². The topological polar surface area (TPSA) is 59.6 Å². The van der Waals surface area contributed by atoms with E-state index >= 15 is 0 Å². The summed E-state index contributed by atoms with van der Waals surface area (Å²) in [7, 11) is 0. The van der Waals surface area contributed by atoms with Crippen molar-refractivity contribution in [3.63, 3.8) is 0 Å². The molecule has 0 radical (unpaired) electrons. The van der Waals surface area contributed by atoms with Crippen LogP contribution in [0.3, 0.4) is 0 Å². The second-order valence-electron chi connectivity index (χ2n) is 12.5.